The maximum atomic E-state index is 12.2. The smallest absolute Gasteiger partial charge is 0.484 e. The summed E-state index contributed by atoms with van der Waals surface area (Å²) in [5.74, 6) is -1.08. The van der Waals surface area contributed by atoms with E-state index in [9.17, 15) is 22.8 Å². The van der Waals surface area contributed by atoms with Gasteiger partial charge in [-0.15, -0.1) is 24.5 Å². The molecule has 0 aliphatic heterocycles. The number of unbranched alkanes of at least 4 members (excludes halogenated alkanes) is 3. The molecule has 2 rings (SSSR count). The second-order valence-corrected chi connectivity index (χ2v) is 8.63. The SMILES string of the molecule is CCCCCCC(C)c1sc(CNC(=O)COc2ccc(OC(F)(F)F)cc2)nc1C(N)=O. The van der Waals surface area contributed by atoms with Gasteiger partial charge in [0, 0.05) is 4.88 Å². The number of amides is 2. The highest BCUT2D eigenvalue weighted by Gasteiger charge is 2.31. The van der Waals surface area contributed by atoms with Gasteiger partial charge in [0.2, 0.25) is 0 Å². The molecule has 1 aromatic carbocycles. The molecule has 182 valence electrons. The number of rotatable bonds is 13. The Kier molecular flexibility index (Phi) is 9.95. The number of primary amides is 1. The van der Waals surface area contributed by atoms with E-state index in [-0.39, 0.29) is 36.3 Å². The molecule has 3 N–H and O–H groups in total. The fraction of sp³-hybridized carbons (Fsp3) is 0.500. The number of hydrogen-bond donors (Lipinski definition) is 2. The number of carbonyl (C=O) groups excluding carboxylic acids is 2. The average molecular weight is 488 g/mol. The van der Waals surface area contributed by atoms with Crippen LogP contribution in [0.2, 0.25) is 0 Å². The second kappa shape index (κ2) is 12.4. The number of benzene rings is 1. The third kappa shape index (κ3) is 9.29. The van der Waals surface area contributed by atoms with Gasteiger partial charge in [-0.3, -0.25) is 9.59 Å². The number of halogens is 3. The van der Waals surface area contributed by atoms with Crippen LogP contribution in [0, 0.1) is 0 Å². The van der Waals surface area contributed by atoms with Gasteiger partial charge in [-0.25, -0.2) is 4.98 Å². The molecule has 0 spiro atoms. The summed E-state index contributed by atoms with van der Waals surface area (Å²) in [5.41, 5.74) is 5.72. The van der Waals surface area contributed by atoms with Gasteiger partial charge in [-0.1, -0.05) is 39.5 Å². The fourth-order valence-corrected chi connectivity index (χ4v) is 4.18. The minimum atomic E-state index is -4.78. The van der Waals surface area contributed by atoms with Crippen molar-refractivity contribution in [3.05, 3.63) is 39.8 Å². The summed E-state index contributed by atoms with van der Waals surface area (Å²) in [5, 5.41) is 3.21. The number of nitrogens with zero attached hydrogens (tertiary/aromatic N) is 1. The van der Waals surface area contributed by atoms with Gasteiger partial charge in [0.15, 0.2) is 6.61 Å². The highest BCUT2D eigenvalue weighted by Crippen LogP contribution is 2.31. The summed E-state index contributed by atoms with van der Waals surface area (Å²) >= 11 is 1.35. The van der Waals surface area contributed by atoms with Crippen molar-refractivity contribution in [2.75, 3.05) is 6.61 Å². The van der Waals surface area contributed by atoms with E-state index >= 15 is 0 Å². The van der Waals surface area contributed by atoms with Crippen LogP contribution in [0.4, 0.5) is 13.2 Å². The molecule has 7 nitrogen and oxygen atoms in total. The molecule has 2 aromatic rings. The maximum Gasteiger partial charge on any atom is 0.573 e. The fourth-order valence-electron chi connectivity index (χ4n) is 3.08. The van der Waals surface area contributed by atoms with Gasteiger partial charge < -0.3 is 20.5 Å². The molecule has 2 amide bonds. The highest BCUT2D eigenvalue weighted by molar-refractivity contribution is 7.12. The lowest BCUT2D eigenvalue weighted by molar-refractivity contribution is -0.274. The van der Waals surface area contributed by atoms with E-state index in [2.05, 4.69) is 22.0 Å². The summed E-state index contributed by atoms with van der Waals surface area (Å²) in [7, 11) is 0. The van der Waals surface area contributed by atoms with Gasteiger partial charge in [-0.05, 0) is 36.6 Å². The first-order valence-corrected chi connectivity index (χ1v) is 11.5. The number of nitrogens with one attached hydrogen (secondary N) is 1. The second-order valence-electron chi connectivity index (χ2n) is 7.52. The van der Waals surface area contributed by atoms with Crippen LogP contribution in [-0.2, 0) is 11.3 Å². The normalized spacial score (nSPS) is 12.3. The van der Waals surface area contributed by atoms with E-state index in [0.717, 1.165) is 42.7 Å². The Morgan fingerprint density at radius 1 is 1.15 bits per heavy atom. The maximum absolute atomic E-state index is 12.2. The summed E-state index contributed by atoms with van der Waals surface area (Å²) in [4.78, 5) is 29.0. The number of hydrogen-bond acceptors (Lipinski definition) is 6. The molecule has 0 radical (unpaired) electrons. The minimum Gasteiger partial charge on any atom is -0.484 e. The first kappa shape index (κ1) is 26.4. The first-order chi connectivity index (χ1) is 15.6. The molecule has 1 unspecified atom stereocenters. The number of ether oxygens (including phenoxy) is 2. The highest BCUT2D eigenvalue weighted by atomic mass is 32.1. The van der Waals surface area contributed by atoms with Crippen molar-refractivity contribution in [3.8, 4) is 11.5 Å². The Labute approximate surface area is 194 Å². The van der Waals surface area contributed by atoms with Crippen molar-refractivity contribution >= 4 is 23.2 Å². The van der Waals surface area contributed by atoms with E-state index in [1.165, 1.54) is 29.9 Å². The standard InChI is InChI=1S/C22H28F3N3O4S/c1-3-4-5-6-7-14(2)20-19(21(26)30)28-18(33-20)12-27-17(29)13-31-15-8-10-16(11-9-15)32-22(23,24)25/h8-11,14H,3-7,12-13H2,1-2H3,(H2,26,30)(H,27,29). The van der Waals surface area contributed by atoms with Crippen molar-refractivity contribution in [1.29, 1.82) is 0 Å². The Bertz CT molecular complexity index is 917. The molecule has 1 aromatic heterocycles. The minimum absolute atomic E-state index is 0.105. The Morgan fingerprint density at radius 3 is 2.42 bits per heavy atom. The zero-order chi connectivity index (χ0) is 24.4. The topological polar surface area (TPSA) is 104 Å². The monoisotopic (exact) mass is 487 g/mol. The Balaban J connectivity index is 1.86. The predicted molar refractivity (Wildman–Crippen MR) is 118 cm³/mol. The first-order valence-electron chi connectivity index (χ1n) is 10.6. The van der Waals surface area contributed by atoms with Crippen LogP contribution >= 0.6 is 11.3 Å². The number of alkyl halides is 3. The molecule has 0 saturated heterocycles. The van der Waals surface area contributed by atoms with Crippen LogP contribution in [0.5, 0.6) is 11.5 Å². The van der Waals surface area contributed by atoms with Crippen LogP contribution < -0.4 is 20.5 Å². The van der Waals surface area contributed by atoms with Crippen molar-refractivity contribution < 1.29 is 32.2 Å². The molecule has 0 saturated carbocycles. The lowest BCUT2D eigenvalue weighted by Gasteiger charge is -2.10. The number of thiazole rings is 1. The molecule has 11 heteroatoms. The molecule has 1 atom stereocenters. The van der Waals surface area contributed by atoms with E-state index in [1.54, 1.807) is 0 Å². The van der Waals surface area contributed by atoms with Crippen molar-refractivity contribution in [2.45, 2.75) is 64.8 Å². The van der Waals surface area contributed by atoms with Gasteiger partial charge in [-0.2, -0.15) is 0 Å². The van der Waals surface area contributed by atoms with E-state index in [4.69, 9.17) is 10.5 Å². The number of nitrogens with two attached hydrogens (primary N) is 1. The summed E-state index contributed by atoms with van der Waals surface area (Å²) < 4.78 is 45.6. The van der Waals surface area contributed by atoms with Crippen molar-refractivity contribution in [2.24, 2.45) is 5.73 Å². The zero-order valence-electron chi connectivity index (χ0n) is 18.5. The molecular weight excluding hydrogens is 459 g/mol. The summed E-state index contributed by atoms with van der Waals surface area (Å²) in [6.07, 6.45) is 0.647. The van der Waals surface area contributed by atoms with Crippen LogP contribution in [0.25, 0.3) is 0 Å². The van der Waals surface area contributed by atoms with Crippen molar-refractivity contribution in [3.63, 3.8) is 0 Å². The zero-order valence-corrected chi connectivity index (χ0v) is 19.4. The Morgan fingerprint density at radius 2 is 1.82 bits per heavy atom. The lowest BCUT2D eigenvalue weighted by atomic mass is 10.00. The summed E-state index contributed by atoms with van der Waals surface area (Å²) in [6.45, 7) is 3.95. The van der Waals surface area contributed by atoms with Crippen LogP contribution in [-0.4, -0.2) is 29.8 Å². The molecule has 1 heterocycles. The van der Waals surface area contributed by atoms with Crippen LogP contribution in [0.1, 0.15) is 72.2 Å². The summed E-state index contributed by atoms with van der Waals surface area (Å²) in [6, 6.07) is 4.71. The number of carbonyl (C=O) groups is 2. The van der Waals surface area contributed by atoms with E-state index < -0.39 is 18.2 Å². The van der Waals surface area contributed by atoms with Gasteiger partial charge in [0.25, 0.3) is 11.8 Å². The molecular formula is C22H28F3N3O4S. The van der Waals surface area contributed by atoms with E-state index in [1.807, 2.05) is 6.92 Å². The van der Waals surface area contributed by atoms with Crippen LogP contribution in [0.3, 0.4) is 0 Å². The lowest BCUT2D eigenvalue weighted by Crippen LogP contribution is -2.28. The Hall–Kier alpha value is -2.82. The predicted octanol–water partition coefficient (Wildman–Crippen LogP) is 4.91. The van der Waals surface area contributed by atoms with Gasteiger partial charge >= 0.3 is 6.36 Å². The van der Waals surface area contributed by atoms with Crippen LogP contribution in [0.15, 0.2) is 24.3 Å². The molecule has 0 fully saturated rings. The number of aromatic nitrogens is 1. The van der Waals surface area contributed by atoms with Gasteiger partial charge in [0.1, 0.15) is 22.2 Å². The molecule has 0 bridgehead atoms. The third-order valence-corrected chi connectivity index (χ3v) is 6.02. The third-order valence-electron chi connectivity index (χ3n) is 4.73. The van der Waals surface area contributed by atoms with E-state index in [0.29, 0.717) is 5.01 Å². The largest absolute Gasteiger partial charge is 0.573 e. The quantitative estimate of drug-likeness (QED) is 0.391. The van der Waals surface area contributed by atoms with Gasteiger partial charge in [0.05, 0.1) is 6.54 Å². The molecule has 33 heavy (non-hydrogen) atoms. The average Bonchev–Trinajstić information content (AvgIpc) is 3.18. The molecule has 0 aliphatic carbocycles. The molecule has 0 aliphatic rings. The van der Waals surface area contributed by atoms with Crippen molar-refractivity contribution in [1.82, 2.24) is 10.3 Å².